The lowest BCUT2D eigenvalue weighted by Crippen LogP contribution is -1.97. The lowest BCUT2D eigenvalue weighted by molar-refractivity contribution is 0.304. The van der Waals surface area contributed by atoms with Crippen molar-refractivity contribution in [3.05, 3.63) is 48.5 Å². The van der Waals surface area contributed by atoms with Gasteiger partial charge in [0.25, 0.3) is 0 Å². The molecule has 268 valence electrons. The van der Waals surface area contributed by atoms with Gasteiger partial charge in [0.05, 0.1) is 13.2 Å². The van der Waals surface area contributed by atoms with Crippen LogP contribution in [0.4, 0.5) is 0 Å². The number of rotatable bonds is 28. The Hall–Kier alpha value is -2.84. The van der Waals surface area contributed by atoms with Crippen LogP contribution >= 0.6 is 22.7 Å². The average molecular weight is 705 g/mol. The van der Waals surface area contributed by atoms with Gasteiger partial charge < -0.3 is 9.47 Å². The first-order valence-corrected chi connectivity index (χ1v) is 21.0. The molecule has 0 spiro atoms. The zero-order valence-corrected chi connectivity index (χ0v) is 31.9. The molecule has 2 aromatic carbocycles. The molecule has 0 aliphatic rings. The Kier molecular flexibility index (Phi) is 19.3. The molecular formula is C41H60N4O2S2. The highest BCUT2D eigenvalue weighted by atomic mass is 32.1. The molecule has 6 nitrogen and oxygen atoms in total. The predicted octanol–water partition coefficient (Wildman–Crippen LogP) is 13.4. The van der Waals surface area contributed by atoms with Gasteiger partial charge in [-0.2, -0.15) is 0 Å². The summed E-state index contributed by atoms with van der Waals surface area (Å²) in [6, 6.07) is 16.3. The molecule has 2 heterocycles. The molecule has 8 heteroatoms. The van der Waals surface area contributed by atoms with Gasteiger partial charge in [0, 0.05) is 11.1 Å². The topological polar surface area (TPSA) is 70.0 Å². The summed E-state index contributed by atoms with van der Waals surface area (Å²) >= 11 is 3.07. The molecule has 0 aliphatic carbocycles. The number of aromatic nitrogens is 4. The third kappa shape index (κ3) is 15.3. The van der Waals surface area contributed by atoms with Crippen molar-refractivity contribution in [1.82, 2.24) is 20.4 Å². The van der Waals surface area contributed by atoms with Crippen LogP contribution in [0.2, 0.25) is 0 Å². The van der Waals surface area contributed by atoms with Crippen molar-refractivity contribution >= 4 is 22.7 Å². The number of hydrogen-bond acceptors (Lipinski definition) is 8. The van der Waals surface area contributed by atoms with E-state index in [-0.39, 0.29) is 0 Å². The van der Waals surface area contributed by atoms with Crippen LogP contribution in [0.15, 0.2) is 48.5 Å². The van der Waals surface area contributed by atoms with Crippen molar-refractivity contribution in [1.29, 1.82) is 0 Å². The van der Waals surface area contributed by atoms with E-state index in [1.165, 1.54) is 145 Å². The van der Waals surface area contributed by atoms with Gasteiger partial charge in [-0.1, -0.05) is 159 Å². The molecule has 2 aromatic heterocycles. The van der Waals surface area contributed by atoms with E-state index < -0.39 is 0 Å². The number of benzene rings is 2. The maximum Gasteiger partial charge on any atom is 0.178 e. The normalized spacial score (nSPS) is 11.3. The van der Waals surface area contributed by atoms with E-state index in [2.05, 4.69) is 58.5 Å². The van der Waals surface area contributed by atoms with Crippen LogP contribution in [0, 0.1) is 0 Å². The lowest BCUT2D eigenvalue weighted by Gasteiger charge is -2.07. The van der Waals surface area contributed by atoms with Gasteiger partial charge in [-0.3, -0.25) is 0 Å². The minimum atomic E-state index is 0.767. The van der Waals surface area contributed by atoms with E-state index in [1.807, 2.05) is 24.3 Å². The Labute approximate surface area is 304 Å². The van der Waals surface area contributed by atoms with E-state index in [0.717, 1.165) is 68.7 Å². The first-order valence-electron chi connectivity index (χ1n) is 19.4. The van der Waals surface area contributed by atoms with Gasteiger partial charge in [0.15, 0.2) is 10.0 Å². The maximum absolute atomic E-state index is 6.02. The molecule has 0 amide bonds. The summed E-state index contributed by atoms with van der Waals surface area (Å²) in [5, 5.41) is 21.0. The highest BCUT2D eigenvalue weighted by Gasteiger charge is 2.15. The van der Waals surface area contributed by atoms with E-state index in [4.69, 9.17) is 9.47 Å². The minimum Gasteiger partial charge on any atom is -0.494 e. The van der Waals surface area contributed by atoms with E-state index >= 15 is 0 Å². The van der Waals surface area contributed by atoms with Gasteiger partial charge in [-0.05, 0) is 61.4 Å². The quantitative estimate of drug-likeness (QED) is 0.0548. The van der Waals surface area contributed by atoms with Crippen molar-refractivity contribution in [3.63, 3.8) is 0 Å². The standard InChI is InChI=1S/C41H60N4O2S2/c1-3-5-7-9-11-12-13-14-15-16-17-18-19-21-23-33-47-37-30-26-35(27-31-37)39-43-45-41(49-39)40-44-42-38(48-40)34-24-28-36(29-25-34)46-32-22-20-10-8-6-4-2/h24-31H,3-23,32-33H2,1-2H3. The van der Waals surface area contributed by atoms with Crippen molar-refractivity contribution in [2.24, 2.45) is 0 Å². The molecule has 49 heavy (non-hydrogen) atoms. The van der Waals surface area contributed by atoms with Gasteiger partial charge >= 0.3 is 0 Å². The predicted molar refractivity (Wildman–Crippen MR) is 209 cm³/mol. The molecule has 0 atom stereocenters. The van der Waals surface area contributed by atoms with Crippen molar-refractivity contribution < 1.29 is 9.47 Å². The van der Waals surface area contributed by atoms with Gasteiger partial charge in [0.1, 0.15) is 21.5 Å². The second kappa shape index (κ2) is 24.3. The van der Waals surface area contributed by atoms with Crippen LogP contribution in [0.5, 0.6) is 11.5 Å². The van der Waals surface area contributed by atoms with Crippen molar-refractivity contribution in [3.8, 4) is 42.7 Å². The smallest absolute Gasteiger partial charge is 0.178 e. The molecule has 0 N–H and O–H groups in total. The molecule has 0 radical (unpaired) electrons. The van der Waals surface area contributed by atoms with E-state index in [0.29, 0.717) is 0 Å². The minimum absolute atomic E-state index is 0.767. The van der Waals surface area contributed by atoms with E-state index in [1.54, 1.807) is 0 Å². The summed E-state index contributed by atoms with van der Waals surface area (Å²) in [5.41, 5.74) is 2.06. The summed E-state index contributed by atoms with van der Waals surface area (Å²) in [5.74, 6) is 1.81. The van der Waals surface area contributed by atoms with Crippen molar-refractivity contribution in [2.45, 2.75) is 149 Å². The molecule has 4 aromatic rings. The third-order valence-corrected chi connectivity index (χ3v) is 11.1. The molecule has 0 saturated carbocycles. The highest BCUT2D eigenvalue weighted by molar-refractivity contribution is 7.24. The molecule has 0 aliphatic heterocycles. The van der Waals surface area contributed by atoms with Crippen LogP contribution in [-0.4, -0.2) is 33.6 Å². The fourth-order valence-corrected chi connectivity index (χ4v) is 7.68. The van der Waals surface area contributed by atoms with Crippen LogP contribution in [0.25, 0.3) is 31.2 Å². The van der Waals surface area contributed by atoms with E-state index in [9.17, 15) is 0 Å². The monoisotopic (exact) mass is 704 g/mol. The average Bonchev–Trinajstić information content (AvgIpc) is 3.83. The van der Waals surface area contributed by atoms with Gasteiger partial charge in [-0.25, -0.2) is 0 Å². The number of hydrogen-bond donors (Lipinski definition) is 0. The molecule has 0 fully saturated rings. The zero-order valence-electron chi connectivity index (χ0n) is 30.3. The Morgan fingerprint density at radius 2 is 0.653 bits per heavy atom. The first-order chi connectivity index (χ1) is 24.3. The largest absolute Gasteiger partial charge is 0.494 e. The Morgan fingerprint density at radius 3 is 0.980 bits per heavy atom. The lowest BCUT2D eigenvalue weighted by atomic mass is 10.0. The van der Waals surface area contributed by atoms with Crippen LogP contribution in [0.3, 0.4) is 0 Å². The second-order valence-corrected chi connectivity index (χ2v) is 15.2. The van der Waals surface area contributed by atoms with Crippen molar-refractivity contribution in [2.75, 3.05) is 13.2 Å². The van der Waals surface area contributed by atoms with Crippen LogP contribution < -0.4 is 9.47 Å². The summed E-state index contributed by atoms with van der Waals surface area (Å²) in [6.07, 6.45) is 28.2. The number of ether oxygens (including phenoxy) is 2. The number of unbranched alkanes of at least 4 members (excludes halogenated alkanes) is 19. The Morgan fingerprint density at radius 1 is 0.367 bits per heavy atom. The van der Waals surface area contributed by atoms with Crippen LogP contribution in [0.1, 0.15) is 149 Å². The molecular weight excluding hydrogens is 645 g/mol. The summed E-state index contributed by atoms with van der Waals surface area (Å²) in [6.45, 7) is 6.08. The zero-order chi connectivity index (χ0) is 34.2. The molecule has 0 saturated heterocycles. The molecule has 0 bridgehead atoms. The Balaban J connectivity index is 1.08. The fraction of sp³-hybridized carbons (Fsp3) is 0.610. The van der Waals surface area contributed by atoms with Gasteiger partial charge in [-0.15, -0.1) is 20.4 Å². The fourth-order valence-electron chi connectivity index (χ4n) is 5.98. The second-order valence-electron chi connectivity index (χ2n) is 13.3. The first kappa shape index (κ1) is 39.0. The summed E-state index contributed by atoms with van der Waals surface area (Å²) in [7, 11) is 0. The summed E-state index contributed by atoms with van der Waals surface area (Å²) in [4.78, 5) is 0. The SMILES string of the molecule is CCCCCCCCCCCCCCCCCOc1ccc(-c2nnc(-c3nnc(-c4ccc(OCCCCCCCC)cc4)s3)s2)cc1. The number of nitrogens with zero attached hydrogens (tertiary/aromatic N) is 4. The third-order valence-electron chi connectivity index (χ3n) is 9.02. The van der Waals surface area contributed by atoms with Gasteiger partial charge in [0.2, 0.25) is 0 Å². The highest BCUT2D eigenvalue weighted by Crippen LogP contribution is 2.35. The maximum atomic E-state index is 6.02. The molecule has 4 rings (SSSR count). The molecule has 0 unspecified atom stereocenters. The van der Waals surface area contributed by atoms with Crippen LogP contribution in [-0.2, 0) is 0 Å². The Bertz CT molecular complexity index is 1390. The summed E-state index contributed by atoms with van der Waals surface area (Å²) < 4.78 is 12.0.